The standard InChI is InChI=1S/C22H24N6O3/c1-16(29)12-24-10-11-28(2)20-14-25-15-21(27-20)31-19-7-5-17(6-8-19)22(30)26-18-4-3-9-23-13-18/h3-9,13-15,24H,10-12H2,1-2H3,(H,26,30). The Morgan fingerprint density at radius 1 is 1.06 bits per heavy atom. The van der Waals surface area contributed by atoms with Gasteiger partial charge in [0.2, 0.25) is 5.88 Å². The molecule has 0 aliphatic heterocycles. The van der Waals surface area contributed by atoms with Crippen LogP contribution >= 0.6 is 0 Å². The summed E-state index contributed by atoms with van der Waals surface area (Å²) >= 11 is 0. The molecule has 9 heteroatoms. The van der Waals surface area contributed by atoms with E-state index in [4.69, 9.17) is 4.74 Å². The highest BCUT2D eigenvalue weighted by atomic mass is 16.5. The number of pyridine rings is 1. The van der Waals surface area contributed by atoms with Crippen LogP contribution in [0.5, 0.6) is 11.6 Å². The number of benzene rings is 1. The number of nitrogens with zero attached hydrogens (tertiary/aromatic N) is 4. The molecule has 9 nitrogen and oxygen atoms in total. The number of rotatable bonds is 10. The maximum Gasteiger partial charge on any atom is 0.255 e. The number of hydrogen-bond donors (Lipinski definition) is 2. The molecule has 0 unspecified atom stereocenters. The van der Waals surface area contributed by atoms with E-state index in [1.165, 1.54) is 6.20 Å². The number of ketones is 1. The topological polar surface area (TPSA) is 109 Å². The molecule has 0 aliphatic carbocycles. The lowest BCUT2D eigenvalue weighted by Gasteiger charge is -2.18. The molecule has 0 aliphatic rings. The minimum absolute atomic E-state index is 0.0958. The van der Waals surface area contributed by atoms with Gasteiger partial charge in [-0.2, -0.15) is 4.98 Å². The highest BCUT2D eigenvalue weighted by Crippen LogP contribution is 2.21. The second kappa shape index (κ2) is 10.8. The van der Waals surface area contributed by atoms with Crippen LogP contribution in [-0.4, -0.2) is 53.3 Å². The molecule has 1 amide bonds. The van der Waals surface area contributed by atoms with Crippen molar-refractivity contribution in [2.24, 2.45) is 0 Å². The molecule has 0 saturated carbocycles. The van der Waals surface area contributed by atoms with Gasteiger partial charge < -0.3 is 20.3 Å². The monoisotopic (exact) mass is 420 g/mol. The summed E-state index contributed by atoms with van der Waals surface area (Å²) < 4.78 is 5.78. The fourth-order valence-corrected chi connectivity index (χ4v) is 2.63. The molecule has 1 aromatic carbocycles. The summed E-state index contributed by atoms with van der Waals surface area (Å²) in [6.07, 6.45) is 6.39. The van der Waals surface area contributed by atoms with E-state index in [1.54, 1.807) is 61.9 Å². The van der Waals surface area contributed by atoms with Gasteiger partial charge >= 0.3 is 0 Å². The van der Waals surface area contributed by atoms with Crippen molar-refractivity contribution < 1.29 is 14.3 Å². The Bertz CT molecular complexity index is 1010. The van der Waals surface area contributed by atoms with Gasteiger partial charge in [0.1, 0.15) is 11.5 Å². The molecular formula is C22H24N6O3. The number of likely N-dealkylation sites (N-methyl/N-ethyl adjacent to an activating group) is 1. The van der Waals surface area contributed by atoms with Crippen LogP contribution in [0.2, 0.25) is 0 Å². The molecule has 0 spiro atoms. The lowest BCUT2D eigenvalue weighted by molar-refractivity contribution is -0.116. The van der Waals surface area contributed by atoms with Crippen molar-refractivity contribution in [3.8, 4) is 11.6 Å². The van der Waals surface area contributed by atoms with Crippen molar-refractivity contribution in [1.82, 2.24) is 20.3 Å². The number of ether oxygens (including phenoxy) is 1. The zero-order valence-corrected chi connectivity index (χ0v) is 17.4. The predicted octanol–water partition coefficient (Wildman–Crippen LogP) is 2.53. The minimum Gasteiger partial charge on any atom is -0.437 e. The molecule has 3 rings (SSSR count). The fraction of sp³-hybridized carbons (Fsp3) is 0.227. The number of aromatic nitrogens is 3. The average Bonchev–Trinajstić information content (AvgIpc) is 2.78. The number of Topliss-reactive ketones (excluding diaryl/α,β-unsaturated/α-hetero) is 1. The van der Waals surface area contributed by atoms with Crippen molar-refractivity contribution in [3.63, 3.8) is 0 Å². The third-order valence-corrected chi connectivity index (χ3v) is 4.25. The summed E-state index contributed by atoms with van der Waals surface area (Å²) in [6, 6.07) is 10.3. The van der Waals surface area contributed by atoms with E-state index in [0.29, 0.717) is 48.3 Å². The summed E-state index contributed by atoms with van der Waals surface area (Å²) in [5.74, 6) is 1.39. The van der Waals surface area contributed by atoms with Crippen LogP contribution in [0, 0.1) is 0 Å². The molecule has 2 aromatic heterocycles. The van der Waals surface area contributed by atoms with E-state index in [0.717, 1.165) is 0 Å². The van der Waals surface area contributed by atoms with Gasteiger partial charge in [-0.1, -0.05) is 0 Å². The van der Waals surface area contributed by atoms with Gasteiger partial charge in [0.05, 0.1) is 30.8 Å². The zero-order valence-electron chi connectivity index (χ0n) is 17.4. The summed E-state index contributed by atoms with van der Waals surface area (Å²) in [4.78, 5) is 37.8. The first-order valence-corrected chi connectivity index (χ1v) is 9.74. The lowest BCUT2D eigenvalue weighted by Crippen LogP contribution is -2.32. The minimum atomic E-state index is -0.235. The van der Waals surface area contributed by atoms with Gasteiger partial charge in [-0.05, 0) is 43.3 Å². The fourth-order valence-electron chi connectivity index (χ4n) is 2.63. The molecule has 0 radical (unpaired) electrons. The van der Waals surface area contributed by atoms with Crippen molar-refractivity contribution in [2.45, 2.75) is 6.92 Å². The van der Waals surface area contributed by atoms with Crippen LogP contribution in [0.25, 0.3) is 0 Å². The summed E-state index contributed by atoms with van der Waals surface area (Å²) in [5.41, 5.74) is 1.12. The van der Waals surface area contributed by atoms with Crippen molar-refractivity contribution in [1.29, 1.82) is 0 Å². The van der Waals surface area contributed by atoms with E-state index in [-0.39, 0.29) is 11.7 Å². The van der Waals surface area contributed by atoms with E-state index in [1.807, 2.05) is 11.9 Å². The molecule has 0 saturated heterocycles. The van der Waals surface area contributed by atoms with Crippen LogP contribution in [0.3, 0.4) is 0 Å². The number of hydrogen-bond acceptors (Lipinski definition) is 8. The highest BCUT2D eigenvalue weighted by molar-refractivity contribution is 6.04. The highest BCUT2D eigenvalue weighted by Gasteiger charge is 2.09. The van der Waals surface area contributed by atoms with E-state index < -0.39 is 0 Å². The van der Waals surface area contributed by atoms with E-state index in [9.17, 15) is 9.59 Å². The number of amides is 1. The van der Waals surface area contributed by atoms with Gasteiger partial charge in [-0.25, -0.2) is 0 Å². The average molecular weight is 420 g/mol. The molecule has 2 heterocycles. The molecular weight excluding hydrogens is 396 g/mol. The Labute approximate surface area is 180 Å². The van der Waals surface area contributed by atoms with Gasteiger partial charge in [0.25, 0.3) is 5.91 Å². The number of anilines is 2. The van der Waals surface area contributed by atoms with Crippen LogP contribution in [-0.2, 0) is 4.79 Å². The third kappa shape index (κ3) is 6.86. The second-order valence-electron chi connectivity index (χ2n) is 6.84. The first-order chi connectivity index (χ1) is 15.0. The Balaban J connectivity index is 1.56. The Hall–Kier alpha value is -3.85. The lowest BCUT2D eigenvalue weighted by atomic mass is 10.2. The smallest absolute Gasteiger partial charge is 0.255 e. The van der Waals surface area contributed by atoms with Crippen LogP contribution < -0.4 is 20.3 Å². The Kier molecular flexibility index (Phi) is 7.61. The van der Waals surface area contributed by atoms with E-state index in [2.05, 4.69) is 25.6 Å². The van der Waals surface area contributed by atoms with Crippen molar-refractivity contribution in [2.75, 3.05) is 36.9 Å². The zero-order chi connectivity index (χ0) is 22.1. The summed E-state index contributed by atoms with van der Waals surface area (Å²) in [5, 5.41) is 5.84. The molecule has 0 bridgehead atoms. The maximum absolute atomic E-state index is 12.3. The molecule has 0 fully saturated rings. The SMILES string of the molecule is CC(=O)CNCCN(C)c1cncc(Oc2ccc(C(=O)Nc3cccnc3)cc2)n1. The van der Waals surface area contributed by atoms with Gasteiger partial charge in [0.15, 0.2) is 5.82 Å². The summed E-state index contributed by atoms with van der Waals surface area (Å²) in [6.45, 7) is 3.19. The Morgan fingerprint density at radius 3 is 2.58 bits per heavy atom. The third-order valence-electron chi connectivity index (χ3n) is 4.25. The van der Waals surface area contributed by atoms with Crippen molar-refractivity contribution in [3.05, 3.63) is 66.7 Å². The molecule has 160 valence electrons. The quantitative estimate of drug-likeness (QED) is 0.482. The Morgan fingerprint density at radius 2 is 1.87 bits per heavy atom. The molecule has 31 heavy (non-hydrogen) atoms. The van der Waals surface area contributed by atoms with Gasteiger partial charge in [0, 0.05) is 31.9 Å². The van der Waals surface area contributed by atoms with Gasteiger partial charge in [-0.15, -0.1) is 0 Å². The maximum atomic E-state index is 12.3. The van der Waals surface area contributed by atoms with Crippen LogP contribution in [0.1, 0.15) is 17.3 Å². The number of carbonyl (C=O) groups excluding carboxylic acids is 2. The molecule has 2 N–H and O–H groups in total. The van der Waals surface area contributed by atoms with Crippen LogP contribution in [0.15, 0.2) is 61.2 Å². The van der Waals surface area contributed by atoms with Crippen LogP contribution in [0.4, 0.5) is 11.5 Å². The van der Waals surface area contributed by atoms with Crippen molar-refractivity contribution >= 4 is 23.2 Å². The number of carbonyl (C=O) groups is 2. The second-order valence-corrected chi connectivity index (χ2v) is 6.84. The first kappa shape index (κ1) is 21.8. The van der Waals surface area contributed by atoms with Gasteiger partial charge in [-0.3, -0.25) is 19.6 Å². The summed E-state index contributed by atoms with van der Waals surface area (Å²) in [7, 11) is 1.89. The molecule has 3 aromatic rings. The first-order valence-electron chi connectivity index (χ1n) is 9.74. The largest absolute Gasteiger partial charge is 0.437 e. The normalized spacial score (nSPS) is 10.4. The van der Waals surface area contributed by atoms with E-state index >= 15 is 0 Å². The molecule has 0 atom stereocenters. The predicted molar refractivity (Wildman–Crippen MR) is 118 cm³/mol. The number of nitrogens with one attached hydrogen (secondary N) is 2.